The number of hydrogen-bond acceptors (Lipinski definition) is 4. The first-order valence-electron chi connectivity index (χ1n) is 7.32. The van der Waals surface area contributed by atoms with Crippen LogP contribution in [-0.4, -0.2) is 23.1 Å². The fourth-order valence-electron chi connectivity index (χ4n) is 2.98. The number of hydrogen-bond donors (Lipinski definition) is 1. The Bertz CT molecular complexity index is 420. The molecule has 1 aromatic rings. The van der Waals surface area contributed by atoms with E-state index in [1.165, 1.54) is 6.42 Å². The van der Waals surface area contributed by atoms with Gasteiger partial charge < -0.3 is 10.6 Å². The van der Waals surface area contributed by atoms with E-state index in [2.05, 4.69) is 42.6 Å². The van der Waals surface area contributed by atoms with Gasteiger partial charge in [-0.25, -0.2) is 9.97 Å². The molecule has 1 aromatic heterocycles. The van der Waals surface area contributed by atoms with Crippen LogP contribution in [0.4, 0.5) is 5.69 Å². The van der Waals surface area contributed by atoms with Crippen LogP contribution in [0.1, 0.15) is 51.6 Å². The summed E-state index contributed by atoms with van der Waals surface area (Å²) in [7, 11) is 0. The van der Waals surface area contributed by atoms with Crippen molar-refractivity contribution >= 4 is 5.69 Å². The Morgan fingerprint density at radius 2 is 1.95 bits per heavy atom. The van der Waals surface area contributed by atoms with E-state index in [4.69, 9.17) is 5.73 Å². The van der Waals surface area contributed by atoms with Gasteiger partial charge in [0.1, 0.15) is 5.82 Å². The zero-order chi connectivity index (χ0) is 14.0. The van der Waals surface area contributed by atoms with E-state index in [0.29, 0.717) is 12.5 Å². The highest BCUT2D eigenvalue weighted by Crippen LogP contribution is 2.28. The molecule has 4 nitrogen and oxygen atoms in total. The highest BCUT2D eigenvalue weighted by Gasteiger charge is 2.24. The Balaban J connectivity index is 2.28. The van der Waals surface area contributed by atoms with Crippen LogP contribution in [-0.2, 0) is 6.54 Å². The molecule has 2 N–H and O–H groups in total. The van der Waals surface area contributed by atoms with E-state index >= 15 is 0 Å². The molecule has 4 heteroatoms. The minimum atomic E-state index is 0.346. The number of nitrogens with two attached hydrogens (primary N) is 1. The molecule has 19 heavy (non-hydrogen) atoms. The first kappa shape index (κ1) is 14.3. The topological polar surface area (TPSA) is 55.0 Å². The summed E-state index contributed by atoms with van der Waals surface area (Å²) in [5.41, 5.74) is 7.99. The lowest BCUT2D eigenvalue weighted by Crippen LogP contribution is -2.39. The van der Waals surface area contributed by atoms with Gasteiger partial charge in [-0.1, -0.05) is 27.7 Å². The summed E-state index contributed by atoms with van der Waals surface area (Å²) in [6.07, 6.45) is 3.27. The number of piperidine rings is 1. The van der Waals surface area contributed by atoms with Crippen molar-refractivity contribution in [1.29, 1.82) is 0 Å². The Morgan fingerprint density at radius 1 is 1.32 bits per heavy atom. The highest BCUT2D eigenvalue weighted by molar-refractivity contribution is 5.49. The van der Waals surface area contributed by atoms with Crippen LogP contribution in [0.5, 0.6) is 0 Å². The van der Waals surface area contributed by atoms with E-state index in [0.717, 1.165) is 42.1 Å². The first-order chi connectivity index (χ1) is 9.01. The molecule has 2 atom stereocenters. The van der Waals surface area contributed by atoms with Crippen molar-refractivity contribution < 1.29 is 0 Å². The van der Waals surface area contributed by atoms with Crippen LogP contribution in [0.25, 0.3) is 0 Å². The molecular weight excluding hydrogens is 236 g/mol. The van der Waals surface area contributed by atoms with Crippen molar-refractivity contribution in [2.45, 2.75) is 46.6 Å². The maximum absolute atomic E-state index is 5.88. The second kappa shape index (κ2) is 5.87. The lowest BCUT2D eigenvalue weighted by atomic mass is 9.91. The smallest absolute Gasteiger partial charge is 0.131 e. The standard InChI is InChI=1S/C15H26N4/c1-10(2)15-17-7-14(13(6-16)18-15)19-8-11(3)5-12(4)9-19/h7,10-12H,5-6,8-9,16H2,1-4H3. The summed E-state index contributed by atoms with van der Waals surface area (Å²) in [5, 5.41) is 0. The minimum Gasteiger partial charge on any atom is -0.368 e. The van der Waals surface area contributed by atoms with Gasteiger partial charge in [0.15, 0.2) is 0 Å². The predicted molar refractivity (Wildman–Crippen MR) is 79.2 cm³/mol. The fraction of sp³-hybridized carbons (Fsp3) is 0.733. The Hall–Kier alpha value is -1.16. The van der Waals surface area contributed by atoms with Gasteiger partial charge >= 0.3 is 0 Å². The maximum Gasteiger partial charge on any atom is 0.131 e. The first-order valence-corrected chi connectivity index (χ1v) is 7.32. The molecule has 0 aromatic carbocycles. The van der Waals surface area contributed by atoms with Gasteiger partial charge in [0.25, 0.3) is 0 Å². The quantitative estimate of drug-likeness (QED) is 0.909. The molecule has 0 amide bonds. The highest BCUT2D eigenvalue weighted by atomic mass is 15.2. The third-order valence-corrected chi connectivity index (χ3v) is 3.78. The molecule has 2 rings (SSSR count). The van der Waals surface area contributed by atoms with Crippen LogP contribution >= 0.6 is 0 Å². The van der Waals surface area contributed by atoms with E-state index in [1.807, 2.05) is 6.20 Å². The van der Waals surface area contributed by atoms with E-state index in [-0.39, 0.29) is 0 Å². The van der Waals surface area contributed by atoms with Gasteiger partial charge in [-0.05, 0) is 18.3 Å². The predicted octanol–water partition coefficient (Wildman–Crippen LogP) is 2.54. The molecule has 2 heterocycles. The molecule has 1 aliphatic heterocycles. The van der Waals surface area contributed by atoms with Gasteiger partial charge in [0.2, 0.25) is 0 Å². The fourth-order valence-corrected chi connectivity index (χ4v) is 2.98. The van der Waals surface area contributed by atoms with Gasteiger partial charge in [-0.3, -0.25) is 0 Å². The van der Waals surface area contributed by atoms with Crippen LogP contribution in [0.15, 0.2) is 6.20 Å². The van der Waals surface area contributed by atoms with Gasteiger partial charge in [-0.2, -0.15) is 0 Å². The minimum absolute atomic E-state index is 0.346. The van der Waals surface area contributed by atoms with E-state index in [9.17, 15) is 0 Å². The van der Waals surface area contributed by atoms with Crippen LogP contribution < -0.4 is 10.6 Å². The van der Waals surface area contributed by atoms with E-state index in [1.54, 1.807) is 0 Å². The third kappa shape index (κ3) is 3.24. The molecule has 1 aliphatic rings. The lowest BCUT2D eigenvalue weighted by molar-refractivity contribution is 0.356. The molecule has 0 aliphatic carbocycles. The van der Waals surface area contributed by atoms with Crippen molar-refractivity contribution in [1.82, 2.24) is 9.97 Å². The Morgan fingerprint density at radius 3 is 2.47 bits per heavy atom. The number of aromatic nitrogens is 2. The molecular formula is C15H26N4. The zero-order valence-electron chi connectivity index (χ0n) is 12.6. The summed E-state index contributed by atoms with van der Waals surface area (Å²) in [5.74, 6) is 2.68. The number of rotatable bonds is 3. The molecule has 0 radical (unpaired) electrons. The van der Waals surface area contributed by atoms with Gasteiger partial charge in [-0.15, -0.1) is 0 Å². The average Bonchev–Trinajstić information content (AvgIpc) is 2.36. The van der Waals surface area contributed by atoms with Crippen LogP contribution in [0.3, 0.4) is 0 Å². The van der Waals surface area contributed by atoms with Crippen LogP contribution in [0, 0.1) is 11.8 Å². The van der Waals surface area contributed by atoms with Crippen molar-refractivity contribution in [3.63, 3.8) is 0 Å². The molecule has 106 valence electrons. The summed E-state index contributed by atoms with van der Waals surface area (Å²) >= 11 is 0. The summed E-state index contributed by atoms with van der Waals surface area (Å²) in [4.78, 5) is 11.5. The summed E-state index contributed by atoms with van der Waals surface area (Å²) in [6, 6.07) is 0. The molecule has 0 spiro atoms. The number of anilines is 1. The number of nitrogens with zero attached hydrogens (tertiary/aromatic N) is 3. The zero-order valence-corrected chi connectivity index (χ0v) is 12.6. The summed E-state index contributed by atoms with van der Waals surface area (Å²) < 4.78 is 0. The second-order valence-electron chi connectivity index (χ2n) is 6.27. The normalized spacial score (nSPS) is 24.0. The molecule has 1 fully saturated rings. The second-order valence-corrected chi connectivity index (χ2v) is 6.27. The van der Waals surface area contributed by atoms with Gasteiger partial charge in [0, 0.05) is 25.6 Å². The van der Waals surface area contributed by atoms with E-state index < -0.39 is 0 Å². The third-order valence-electron chi connectivity index (χ3n) is 3.78. The molecule has 2 unspecified atom stereocenters. The Labute approximate surface area is 116 Å². The Kier molecular flexibility index (Phi) is 4.40. The van der Waals surface area contributed by atoms with Gasteiger partial charge in [0.05, 0.1) is 17.6 Å². The largest absolute Gasteiger partial charge is 0.368 e. The van der Waals surface area contributed by atoms with Crippen LogP contribution in [0.2, 0.25) is 0 Å². The van der Waals surface area contributed by atoms with Crippen molar-refractivity contribution in [2.75, 3.05) is 18.0 Å². The summed E-state index contributed by atoms with van der Waals surface area (Å²) in [6.45, 7) is 11.5. The SMILES string of the molecule is CC1CC(C)CN(c2cnc(C(C)C)nc2CN)C1. The van der Waals surface area contributed by atoms with Crippen molar-refractivity contribution in [3.8, 4) is 0 Å². The lowest BCUT2D eigenvalue weighted by Gasteiger charge is -2.37. The molecule has 1 saturated heterocycles. The van der Waals surface area contributed by atoms with Crippen molar-refractivity contribution in [2.24, 2.45) is 17.6 Å². The van der Waals surface area contributed by atoms with Crippen molar-refractivity contribution in [3.05, 3.63) is 17.7 Å². The monoisotopic (exact) mass is 262 g/mol. The average molecular weight is 262 g/mol. The molecule has 0 saturated carbocycles. The maximum atomic E-state index is 5.88. The molecule has 0 bridgehead atoms.